The van der Waals surface area contributed by atoms with Crippen molar-refractivity contribution in [3.05, 3.63) is 64.9 Å². The minimum atomic E-state index is 0. The molecule has 6 heteroatoms. The van der Waals surface area contributed by atoms with E-state index in [-0.39, 0.29) is 24.4 Å². The summed E-state index contributed by atoms with van der Waals surface area (Å²) >= 11 is 5.88. The average molecular weight is 338 g/mol. The number of piperazine rings is 1. The topological polar surface area (TPSA) is 45.2 Å². The summed E-state index contributed by atoms with van der Waals surface area (Å²) < 4.78 is 0. The van der Waals surface area contributed by atoms with Crippen LogP contribution in [0.3, 0.4) is 0 Å². The Bertz CT molecular complexity index is 619. The first-order valence-electron chi connectivity index (χ1n) is 6.93. The number of hydrogen-bond acceptors (Lipinski definition) is 3. The van der Waals surface area contributed by atoms with Crippen molar-refractivity contribution in [1.29, 1.82) is 0 Å². The van der Waals surface area contributed by atoms with Gasteiger partial charge in [-0.3, -0.25) is 9.78 Å². The normalized spacial score (nSPS) is 17.7. The second-order valence-electron chi connectivity index (χ2n) is 5.01. The number of halogens is 2. The van der Waals surface area contributed by atoms with Gasteiger partial charge in [-0.15, -0.1) is 12.4 Å². The molecule has 1 amide bonds. The monoisotopic (exact) mass is 337 g/mol. The summed E-state index contributed by atoms with van der Waals surface area (Å²) in [5.41, 5.74) is 1.71. The van der Waals surface area contributed by atoms with Crippen molar-refractivity contribution in [3.8, 4) is 0 Å². The van der Waals surface area contributed by atoms with Crippen LogP contribution in [0.4, 0.5) is 0 Å². The molecular formula is C16H17Cl2N3O. The Morgan fingerprint density at radius 3 is 2.73 bits per heavy atom. The standard InChI is InChI=1S/C16H16ClN3O.ClH/c17-14-5-3-12(4-6-14)16(21)20-9-8-19-11-15(20)13-2-1-7-18-10-13;/h1-7,10,15,19H,8-9,11H2;1H. The smallest absolute Gasteiger partial charge is 0.254 e. The summed E-state index contributed by atoms with van der Waals surface area (Å²) in [5.74, 6) is 0.0296. The molecule has 0 aliphatic carbocycles. The summed E-state index contributed by atoms with van der Waals surface area (Å²) in [6, 6.07) is 10.9. The maximum Gasteiger partial charge on any atom is 0.254 e. The van der Waals surface area contributed by atoms with Gasteiger partial charge in [-0.05, 0) is 35.9 Å². The van der Waals surface area contributed by atoms with Gasteiger partial charge in [-0.1, -0.05) is 17.7 Å². The fourth-order valence-electron chi connectivity index (χ4n) is 2.58. The van der Waals surface area contributed by atoms with Crippen LogP contribution in [0.15, 0.2) is 48.8 Å². The quantitative estimate of drug-likeness (QED) is 0.916. The Hall–Kier alpha value is -1.62. The Labute approximate surface area is 140 Å². The van der Waals surface area contributed by atoms with Crippen molar-refractivity contribution in [3.63, 3.8) is 0 Å². The predicted octanol–water partition coefficient (Wildman–Crippen LogP) is 2.94. The molecular weight excluding hydrogens is 321 g/mol. The maximum atomic E-state index is 12.7. The van der Waals surface area contributed by atoms with Gasteiger partial charge in [0.2, 0.25) is 0 Å². The second kappa shape index (κ2) is 7.58. The van der Waals surface area contributed by atoms with Gasteiger partial charge in [0.15, 0.2) is 0 Å². The number of amides is 1. The number of hydrogen-bond donors (Lipinski definition) is 1. The maximum absolute atomic E-state index is 12.7. The van der Waals surface area contributed by atoms with Crippen LogP contribution < -0.4 is 5.32 Å². The lowest BCUT2D eigenvalue weighted by Gasteiger charge is -2.36. The van der Waals surface area contributed by atoms with Crippen molar-refractivity contribution in [2.75, 3.05) is 19.6 Å². The summed E-state index contributed by atoms with van der Waals surface area (Å²) in [6.07, 6.45) is 3.56. The van der Waals surface area contributed by atoms with Gasteiger partial charge in [0.05, 0.1) is 6.04 Å². The molecule has 2 heterocycles. The number of pyridine rings is 1. The van der Waals surface area contributed by atoms with Gasteiger partial charge >= 0.3 is 0 Å². The van der Waals surface area contributed by atoms with Gasteiger partial charge in [0.1, 0.15) is 0 Å². The van der Waals surface area contributed by atoms with Gasteiger partial charge in [0, 0.05) is 42.6 Å². The third-order valence-electron chi connectivity index (χ3n) is 3.66. The molecule has 0 bridgehead atoms. The molecule has 1 saturated heterocycles. The molecule has 116 valence electrons. The minimum Gasteiger partial charge on any atom is -0.329 e. The summed E-state index contributed by atoms with van der Waals surface area (Å²) in [6.45, 7) is 2.22. The molecule has 0 saturated carbocycles. The van der Waals surface area contributed by atoms with Crippen molar-refractivity contribution < 1.29 is 4.79 Å². The fourth-order valence-corrected chi connectivity index (χ4v) is 2.70. The Balaban J connectivity index is 0.00000176. The molecule has 1 aromatic heterocycles. The summed E-state index contributed by atoms with van der Waals surface area (Å²) in [7, 11) is 0. The van der Waals surface area contributed by atoms with Crippen LogP contribution >= 0.6 is 24.0 Å². The molecule has 1 aliphatic rings. The van der Waals surface area contributed by atoms with Crippen molar-refractivity contribution >= 4 is 29.9 Å². The highest BCUT2D eigenvalue weighted by molar-refractivity contribution is 6.30. The van der Waals surface area contributed by atoms with E-state index in [4.69, 9.17) is 11.6 Å². The molecule has 0 spiro atoms. The molecule has 0 radical (unpaired) electrons. The van der Waals surface area contributed by atoms with E-state index in [9.17, 15) is 4.79 Å². The van der Waals surface area contributed by atoms with Crippen LogP contribution in [0.2, 0.25) is 5.02 Å². The van der Waals surface area contributed by atoms with Crippen molar-refractivity contribution in [2.45, 2.75) is 6.04 Å². The first-order valence-corrected chi connectivity index (χ1v) is 7.30. The lowest BCUT2D eigenvalue weighted by molar-refractivity contribution is 0.0634. The number of nitrogens with zero attached hydrogens (tertiary/aromatic N) is 2. The van der Waals surface area contributed by atoms with E-state index in [1.807, 2.05) is 23.2 Å². The van der Waals surface area contributed by atoms with Crippen molar-refractivity contribution in [2.24, 2.45) is 0 Å². The largest absolute Gasteiger partial charge is 0.329 e. The summed E-state index contributed by atoms with van der Waals surface area (Å²) in [5, 5.41) is 3.97. The van der Waals surface area contributed by atoms with E-state index in [1.165, 1.54) is 0 Å². The van der Waals surface area contributed by atoms with E-state index in [1.54, 1.807) is 30.5 Å². The number of carbonyl (C=O) groups is 1. The molecule has 1 unspecified atom stereocenters. The van der Waals surface area contributed by atoms with Gasteiger partial charge in [-0.25, -0.2) is 0 Å². The van der Waals surface area contributed by atoms with E-state index in [0.717, 1.165) is 18.7 Å². The Kier molecular flexibility index (Phi) is 5.77. The van der Waals surface area contributed by atoms with Crippen LogP contribution in [-0.4, -0.2) is 35.4 Å². The average Bonchev–Trinajstić information content (AvgIpc) is 2.56. The summed E-state index contributed by atoms with van der Waals surface area (Å²) in [4.78, 5) is 18.8. The molecule has 22 heavy (non-hydrogen) atoms. The van der Waals surface area contributed by atoms with E-state index in [0.29, 0.717) is 17.1 Å². The number of rotatable bonds is 2. The number of benzene rings is 1. The fraction of sp³-hybridized carbons (Fsp3) is 0.250. The Morgan fingerprint density at radius 2 is 2.05 bits per heavy atom. The highest BCUT2D eigenvalue weighted by atomic mass is 35.5. The first-order chi connectivity index (χ1) is 10.3. The molecule has 1 aliphatic heterocycles. The first kappa shape index (κ1) is 16.7. The zero-order valence-corrected chi connectivity index (χ0v) is 13.5. The third kappa shape index (κ3) is 3.58. The molecule has 1 atom stereocenters. The third-order valence-corrected chi connectivity index (χ3v) is 3.92. The van der Waals surface area contributed by atoms with Crippen LogP contribution in [0.5, 0.6) is 0 Å². The van der Waals surface area contributed by atoms with Crippen LogP contribution in [0.25, 0.3) is 0 Å². The van der Waals surface area contributed by atoms with Crippen molar-refractivity contribution in [1.82, 2.24) is 15.2 Å². The molecule has 2 aromatic rings. The second-order valence-corrected chi connectivity index (χ2v) is 5.45. The SMILES string of the molecule is Cl.O=C(c1ccc(Cl)cc1)N1CCNCC1c1cccnc1. The number of aromatic nitrogens is 1. The minimum absolute atomic E-state index is 0. The van der Waals surface area contributed by atoms with E-state index in [2.05, 4.69) is 10.3 Å². The zero-order chi connectivity index (χ0) is 14.7. The molecule has 1 N–H and O–H groups in total. The predicted molar refractivity (Wildman–Crippen MR) is 89.6 cm³/mol. The lowest BCUT2D eigenvalue weighted by Crippen LogP contribution is -2.48. The van der Waals surface area contributed by atoms with Crippen LogP contribution in [0.1, 0.15) is 22.0 Å². The zero-order valence-electron chi connectivity index (χ0n) is 11.9. The van der Waals surface area contributed by atoms with E-state index >= 15 is 0 Å². The highest BCUT2D eigenvalue weighted by Gasteiger charge is 2.28. The molecule has 3 rings (SSSR count). The van der Waals surface area contributed by atoms with E-state index < -0.39 is 0 Å². The number of carbonyl (C=O) groups excluding carboxylic acids is 1. The van der Waals surface area contributed by atoms with Gasteiger partial charge in [0.25, 0.3) is 5.91 Å². The van der Waals surface area contributed by atoms with Gasteiger partial charge < -0.3 is 10.2 Å². The van der Waals surface area contributed by atoms with Crippen LogP contribution in [-0.2, 0) is 0 Å². The Morgan fingerprint density at radius 1 is 1.27 bits per heavy atom. The van der Waals surface area contributed by atoms with Crippen LogP contribution in [0, 0.1) is 0 Å². The molecule has 1 fully saturated rings. The molecule has 1 aromatic carbocycles. The number of nitrogens with one attached hydrogen (secondary N) is 1. The molecule has 4 nitrogen and oxygen atoms in total. The lowest BCUT2D eigenvalue weighted by atomic mass is 10.0. The highest BCUT2D eigenvalue weighted by Crippen LogP contribution is 2.24. The van der Waals surface area contributed by atoms with Gasteiger partial charge in [-0.2, -0.15) is 0 Å².